The maximum absolute atomic E-state index is 12.1. The number of hydrogen-bond acceptors (Lipinski definition) is 3. The lowest BCUT2D eigenvalue weighted by Crippen LogP contribution is -2.34. The van der Waals surface area contributed by atoms with Gasteiger partial charge in [0.2, 0.25) is 15.9 Å². The minimum absolute atomic E-state index is 0.0416. The fraction of sp³-hybridized carbons (Fsp3) is 0.562. The smallest absolute Gasteiger partial charge is 0.239 e. The van der Waals surface area contributed by atoms with Crippen molar-refractivity contribution in [2.75, 3.05) is 17.6 Å². The summed E-state index contributed by atoms with van der Waals surface area (Å²) in [5.41, 5.74) is 2.91. The van der Waals surface area contributed by atoms with Gasteiger partial charge in [-0.15, -0.1) is 0 Å². The van der Waals surface area contributed by atoms with Crippen molar-refractivity contribution >= 4 is 21.6 Å². The van der Waals surface area contributed by atoms with Crippen molar-refractivity contribution in [3.63, 3.8) is 0 Å². The minimum Gasteiger partial charge on any atom is -0.324 e. The summed E-state index contributed by atoms with van der Waals surface area (Å²) in [6, 6.07) is 5.96. The number of rotatable bonds is 7. The number of nitrogens with one attached hydrogen (secondary N) is 2. The Labute approximate surface area is 133 Å². The van der Waals surface area contributed by atoms with E-state index >= 15 is 0 Å². The van der Waals surface area contributed by atoms with Crippen LogP contribution in [-0.4, -0.2) is 26.6 Å². The molecular weight excluding hydrogens is 300 g/mol. The number of para-hydroxylation sites is 1. The Morgan fingerprint density at radius 1 is 1.09 bits per heavy atom. The maximum Gasteiger partial charge on any atom is 0.239 e. The first-order chi connectivity index (χ1) is 10.2. The van der Waals surface area contributed by atoms with Crippen LogP contribution >= 0.6 is 0 Å². The lowest BCUT2D eigenvalue weighted by molar-refractivity contribution is -0.115. The van der Waals surface area contributed by atoms with Gasteiger partial charge >= 0.3 is 0 Å². The number of sulfonamides is 1. The molecule has 0 heterocycles. The van der Waals surface area contributed by atoms with E-state index in [-0.39, 0.29) is 30.0 Å². The van der Waals surface area contributed by atoms with Crippen molar-refractivity contribution in [3.05, 3.63) is 29.3 Å². The summed E-state index contributed by atoms with van der Waals surface area (Å²) in [6.45, 7) is 9.54. The normalized spacial score (nSPS) is 12.0. The third-order valence-electron chi connectivity index (χ3n) is 3.47. The molecule has 1 aromatic carbocycles. The predicted molar refractivity (Wildman–Crippen MR) is 90.7 cm³/mol. The zero-order valence-corrected chi connectivity index (χ0v) is 14.8. The second kappa shape index (κ2) is 7.74. The molecule has 0 saturated carbocycles. The summed E-state index contributed by atoms with van der Waals surface area (Å²) in [5, 5.41) is 2.87. The van der Waals surface area contributed by atoms with E-state index in [2.05, 4.69) is 37.7 Å². The average molecular weight is 326 g/mol. The van der Waals surface area contributed by atoms with E-state index in [0.717, 1.165) is 16.8 Å². The Hall–Kier alpha value is -1.40. The minimum atomic E-state index is -3.37. The maximum atomic E-state index is 12.1. The first-order valence-corrected chi connectivity index (χ1v) is 9.23. The van der Waals surface area contributed by atoms with E-state index in [1.807, 2.05) is 18.2 Å². The topological polar surface area (TPSA) is 75.3 Å². The second-order valence-electron chi connectivity index (χ2n) is 5.89. The number of anilines is 1. The molecule has 0 unspecified atom stereocenters. The lowest BCUT2D eigenvalue weighted by Gasteiger charge is -2.20. The first kappa shape index (κ1) is 18.6. The number of benzene rings is 1. The molecule has 0 spiro atoms. The van der Waals surface area contributed by atoms with E-state index < -0.39 is 10.0 Å². The van der Waals surface area contributed by atoms with Crippen molar-refractivity contribution < 1.29 is 13.2 Å². The Kier molecular flexibility index (Phi) is 6.56. The van der Waals surface area contributed by atoms with Crippen LogP contribution in [0, 0.1) is 0 Å². The Morgan fingerprint density at radius 2 is 1.59 bits per heavy atom. The van der Waals surface area contributed by atoms with Gasteiger partial charge in [-0.05, 0) is 29.9 Å². The summed E-state index contributed by atoms with van der Waals surface area (Å²) in [7, 11) is -3.37. The number of hydrogen-bond donors (Lipinski definition) is 2. The van der Waals surface area contributed by atoms with Crippen LogP contribution in [0.1, 0.15) is 57.6 Å². The van der Waals surface area contributed by atoms with Crippen LogP contribution in [-0.2, 0) is 14.8 Å². The van der Waals surface area contributed by atoms with E-state index in [1.54, 1.807) is 0 Å². The molecule has 0 atom stereocenters. The van der Waals surface area contributed by atoms with Crippen molar-refractivity contribution in [3.8, 4) is 0 Å². The molecule has 0 fully saturated rings. The monoisotopic (exact) mass is 326 g/mol. The van der Waals surface area contributed by atoms with Gasteiger partial charge in [0.25, 0.3) is 0 Å². The molecule has 22 heavy (non-hydrogen) atoms. The van der Waals surface area contributed by atoms with Crippen LogP contribution < -0.4 is 10.0 Å². The van der Waals surface area contributed by atoms with Gasteiger partial charge in [0.15, 0.2) is 0 Å². The van der Waals surface area contributed by atoms with Gasteiger partial charge in [0.05, 0.1) is 12.3 Å². The van der Waals surface area contributed by atoms with E-state index in [0.29, 0.717) is 0 Å². The molecule has 1 aromatic rings. The molecule has 0 saturated heterocycles. The van der Waals surface area contributed by atoms with Crippen LogP contribution in [0.3, 0.4) is 0 Å². The van der Waals surface area contributed by atoms with Gasteiger partial charge in [0.1, 0.15) is 0 Å². The molecule has 6 heteroatoms. The number of amides is 1. The van der Waals surface area contributed by atoms with Gasteiger partial charge < -0.3 is 5.32 Å². The van der Waals surface area contributed by atoms with Crippen molar-refractivity contribution in [2.24, 2.45) is 0 Å². The first-order valence-electron chi connectivity index (χ1n) is 7.58. The molecule has 1 amide bonds. The molecule has 5 nitrogen and oxygen atoms in total. The van der Waals surface area contributed by atoms with Crippen LogP contribution in [0.4, 0.5) is 5.69 Å². The summed E-state index contributed by atoms with van der Waals surface area (Å²) in [5.74, 6) is 0.134. The van der Waals surface area contributed by atoms with Crippen molar-refractivity contribution in [1.82, 2.24) is 4.72 Å². The second-order valence-corrected chi connectivity index (χ2v) is 7.99. The predicted octanol–water partition coefficient (Wildman–Crippen LogP) is 2.81. The zero-order chi connectivity index (χ0) is 16.9. The average Bonchev–Trinajstić information content (AvgIpc) is 2.45. The largest absolute Gasteiger partial charge is 0.324 e. The number of carbonyl (C=O) groups is 1. The van der Waals surface area contributed by atoms with E-state index in [9.17, 15) is 13.2 Å². The highest BCUT2D eigenvalue weighted by Gasteiger charge is 2.17. The molecule has 0 aromatic heterocycles. The quantitative estimate of drug-likeness (QED) is 0.809. The zero-order valence-electron chi connectivity index (χ0n) is 13.9. The third-order valence-corrected chi connectivity index (χ3v) is 4.81. The van der Waals surface area contributed by atoms with E-state index in [1.165, 1.54) is 6.92 Å². The van der Waals surface area contributed by atoms with Crippen LogP contribution in [0.5, 0.6) is 0 Å². The van der Waals surface area contributed by atoms with E-state index in [4.69, 9.17) is 0 Å². The van der Waals surface area contributed by atoms with Crippen molar-refractivity contribution in [2.45, 2.75) is 46.5 Å². The van der Waals surface area contributed by atoms with Crippen LogP contribution in [0.2, 0.25) is 0 Å². The van der Waals surface area contributed by atoms with Gasteiger partial charge in [-0.3, -0.25) is 4.79 Å². The molecule has 0 aliphatic rings. The lowest BCUT2D eigenvalue weighted by atomic mass is 9.92. The highest BCUT2D eigenvalue weighted by Crippen LogP contribution is 2.32. The van der Waals surface area contributed by atoms with Gasteiger partial charge in [-0.2, -0.15) is 0 Å². The fourth-order valence-corrected chi connectivity index (χ4v) is 2.71. The molecule has 0 aliphatic carbocycles. The molecule has 2 N–H and O–H groups in total. The summed E-state index contributed by atoms with van der Waals surface area (Å²) >= 11 is 0. The Bertz CT molecular complexity index is 596. The van der Waals surface area contributed by atoms with Gasteiger partial charge in [-0.1, -0.05) is 45.9 Å². The van der Waals surface area contributed by atoms with Crippen LogP contribution in [0.15, 0.2) is 18.2 Å². The molecule has 0 aliphatic heterocycles. The highest BCUT2D eigenvalue weighted by atomic mass is 32.2. The van der Waals surface area contributed by atoms with Gasteiger partial charge in [-0.25, -0.2) is 13.1 Å². The fourth-order valence-electron chi connectivity index (χ4n) is 2.16. The van der Waals surface area contributed by atoms with Crippen molar-refractivity contribution in [1.29, 1.82) is 0 Å². The molecular formula is C16H26N2O3S. The Morgan fingerprint density at radius 3 is 2.00 bits per heavy atom. The van der Waals surface area contributed by atoms with Crippen LogP contribution in [0.25, 0.3) is 0 Å². The highest BCUT2D eigenvalue weighted by molar-refractivity contribution is 7.89. The molecule has 1 rings (SSSR count). The molecule has 124 valence electrons. The Balaban J connectivity index is 2.98. The standard InChI is InChI=1S/C16H26N2O3S/c1-6-22(20,21)17-10-15(19)18-16-13(11(2)3)8-7-9-14(16)12(4)5/h7-9,11-12,17H,6,10H2,1-5H3,(H,18,19). The third kappa shape index (κ3) is 5.10. The summed E-state index contributed by atoms with van der Waals surface area (Å²) in [6.07, 6.45) is 0. The number of carbonyl (C=O) groups excluding carboxylic acids is 1. The molecule has 0 radical (unpaired) electrons. The summed E-state index contributed by atoms with van der Waals surface area (Å²) in [4.78, 5) is 12.1. The summed E-state index contributed by atoms with van der Waals surface area (Å²) < 4.78 is 25.1. The SMILES string of the molecule is CCS(=O)(=O)NCC(=O)Nc1c(C(C)C)cccc1C(C)C. The van der Waals surface area contributed by atoms with Gasteiger partial charge in [0, 0.05) is 5.69 Å². The molecule has 0 bridgehead atoms.